The van der Waals surface area contributed by atoms with Crippen molar-refractivity contribution in [2.24, 2.45) is 0 Å². The summed E-state index contributed by atoms with van der Waals surface area (Å²) in [5.74, 6) is 0. The summed E-state index contributed by atoms with van der Waals surface area (Å²) in [4.78, 5) is 4.64. The number of aromatic nitrogens is 2. The Morgan fingerprint density at radius 2 is 1.59 bits per heavy atom. The van der Waals surface area contributed by atoms with E-state index in [0.717, 1.165) is 33.5 Å². The highest BCUT2D eigenvalue weighted by atomic mass is 32.2. The highest BCUT2D eigenvalue weighted by Crippen LogP contribution is 2.42. The standard InChI is InChI=1S/C26H29N3O2S/c1-25(2,3)32(30)29-24(26(4,5)22-16-10-11-17-27-22)19-13-7-6-12-18(19)23-20-14-8-9-15-21(20)31-28-23/h6-17,24,29H,1-5H3. The van der Waals surface area contributed by atoms with Gasteiger partial charge in [0.05, 0.1) is 6.04 Å². The summed E-state index contributed by atoms with van der Waals surface area (Å²) in [5.41, 5.74) is 3.93. The topological polar surface area (TPSA) is 74.0 Å². The maximum absolute atomic E-state index is 13.3. The van der Waals surface area contributed by atoms with Crippen LogP contribution in [0.2, 0.25) is 0 Å². The van der Waals surface area contributed by atoms with Gasteiger partial charge in [-0.1, -0.05) is 61.5 Å². The van der Waals surface area contributed by atoms with Crippen LogP contribution >= 0.6 is 0 Å². The second kappa shape index (κ2) is 8.70. The summed E-state index contributed by atoms with van der Waals surface area (Å²) in [6.07, 6.45) is 1.80. The van der Waals surface area contributed by atoms with Crippen LogP contribution in [0.5, 0.6) is 0 Å². The fraction of sp³-hybridized carbons (Fsp3) is 0.308. The monoisotopic (exact) mass is 447 g/mol. The average molecular weight is 448 g/mol. The molecule has 4 aromatic rings. The predicted molar refractivity (Wildman–Crippen MR) is 130 cm³/mol. The van der Waals surface area contributed by atoms with Gasteiger partial charge >= 0.3 is 0 Å². The van der Waals surface area contributed by atoms with Crippen LogP contribution < -0.4 is 4.72 Å². The van der Waals surface area contributed by atoms with Gasteiger partial charge in [0.15, 0.2) is 5.58 Å². The molecule has 5 nitrogen and oxygen atoms in total. The maximum atomic E-state index is 13.3. The van der Waals surface area contributed by atoms with Gasteiger partial charge in [-0.05, 0) is 50.6 Å². The third kappa shape index (κ3) is 4.31. The van der Waals surface area contributed by atoms with Crippen LogP contribution in [-0.2, 0) is 16.8 Å². The molecule has 0 aliphatic rings. The Balaban J connectivity index is 1.89. The molecule has 2 aromatic carbocycles. The van der Waals surface area contributed by atoms with Crippen LogP contribution in [-0.4, -0.2) is 19.4 Å². The fourth-order valence-electron chi connectivity index (χ4n) is 3.82. The molecule has 6 heteroatoms. The van der Waals surface area contributed by atoms with Gasteiger partial charge < -0.3 is 9.08 Å². The first-order chi connectivity index (χ1) is 15.2. The molecule has 0 fully saturated rings. The van der Waals surface area contributed by atoms with Crippen molar-refractivity contribution in [3.8, 4) is 11.3 Å². The van der Waals surface area contributed by atoms with Crippen molar-refractivity contribution in [2.75, 3.05) is 0 Å². The van der Waals surface area contributed by atoms with Gasteiger partial charge in [-0.25, -0.2) is 0 Å². The molecule has 0 saturated carbocycles. The first-order valence-corrected chi connectivity index (χ1v) is 11.9. The molecule has 0 saturated heterocycles. The van der Waals surface area contributed by atoms with Crippen molar-refractivity contribution >= 4 is 22.3 Å². The predicted octanol–water partition coefficient (Wildman–Crippen LogP) is 5.96. The van der Waals surface area contributed by atoms with Crippen molar-refractivity contribution in [3.05, 3.63) is 84.2 Å². The van der Waals surface area contributed by atoms with Crippen LogP contribution in [0.1, 0.15) is 51.9 Å². The summed E-state index contributed by atoms with van der Waals surface area (Å²) in [7, 11) is 0. The smallest absolute Gasteiger partial charge is 0.167 e. The van der Waals surface area contributed by atoms with Gasteiger partial charge in [0, 0.05) is 39.6 Å². The zero-order valence-corrected chi connectivity index (χ0v) is 19.9. The second-order valence-electron chi connectivity index (χ2n) is 9.48. The lowest BCUT2D eigenvalue weighted by molar-refractivity contribution is 0.376. The normalized spacial score (nSPS) is 14.4. The van der Waals surface area contributed by atoms with E-state index in [9.17, 15) is 4.55 Å². The van der Waals surface area contributed by atoms with E-state index in [4.69, 9.17) is 4.52 Å². The molecule has 1 N–H and O–H groups in total. The fourth-order valence-corrected chi connectivity index (χ4v) is 4.81. The number of nitrogens with one attached hydrogen (secondary N) is 1. The number of benzene rings is 2. The molecule has 2 aromatic heterocycles. The van der Waals surface area contributed by atoms with Crippen molar-refractivity contribution < 1.29 is 9.08 Å². The third-order valence-corrected chi connectivity index (χ3v) is 7.29. The van der Waals surface area contributed by atoms with Gasteiger partial charge in [-0.2, -0.15) is 0 Å². The Bertz CT molecular complexity index is 1200. The van der Waals surface area contributed by atoms with E-state index in [1.54, 1.807) is 6.20 Å². The molecular weight excluding hydrogens is 418 g/mol. The summed E-state index contributed by atoms with van der Waals surface area (Å²) in [6.45, 7) is 10.2. The van der Waals surface area contributed by atoms with Gasteiger partial charge in [0.2, 0.25) is 0 Å². The van der Waals surface area contributed by atoms with E-state index in [0.29, 0.717) is 0 Å². The number of hydrogen-bond donors (Lipinski definition) is 1. The SMILES string of the molecule is CC(C)(c1ccccn1)C(N[S+]([O-])C(C)(C)C)c1ccccc1-c1noc2ccccc12. The molecule has 166 valence electrons. The van der Waals surface area contributed by atoms with Crippen molar-refractivity contribution in [2.45, 2.75) is 50.8 Å². The van der Waals surface area contributed by atoms with Crippen LogP contribution in [0.25, 0.3) is 22.2 Å². The Hall–Kier alpha value is -2.67. The first-order valence-electron chi connectivity index (χ1n) is 10.7. The van der Waals surface area contributed by atoms with Crippen LogP contribution in [0.15, 0.2) is 77.4 Å². The van der Waals surface area contributed by atoms with Gasteiger partial charge in [0.25, 0.3) is 0 Å². The van der Waals surface area contributed by atoms with Crippen molar-refractivity contribution in [3.63, 3.8) is 0 Å². The molecule has 2 unspecified atom stereocenters. The molecule has 0 spiro atoms. The lowest BCUT2D eigenvalue weighted by Crippen LogP contribution is -2.47. The van der Waals surface area contributed by atoms with Crippen LogP contribution in [0, 0.1) is 0 Å². The summed E-state index contributed by atoms with van der Waals surface area (Å²) >= 11 is -1.29. The lowest BCUT2D eigenvalue weighted by atomic mass is 9.76. The first kappa shape index (κ1) is 22.5. The molecule has 0 amide bonds. The quantitative estimate of drug-likeness (QED) is 0.369. The summed E-state index contributed by atoms with van der Waals surface area (Å²) in [6, 6.07) is 21.6. The Morgan fingerprint density at radius 3 is 2.31 bits per heavy atom. The largest absolute Gasteiger partial charge is 0.598 e. The third-order valence-electron chi connectivity index (χ3n) is 5.73. The van der Waals surface area contributed by atoms with E-state index in [2.05, 4.69) is 34.8 Å². The molecule has 4 rings (SSSR count). The minimum absolute atomic E-state index is 0.288. The number of para-hydroxylation sites is 1. The van der Waals surface area contributed by atoms with Crippen LogP contribution in [0.3, 0.4) is 0 Å². The van der Waals surface area contributed by atoms with Crippen LogP contribution in [0.4, 0.5) is 0 Å². The number of hydrogen-bond acceptors (Lipinski definition) is 5. The van der Waals surface area contributed by atoms with Crippen molar-refractivity contribution in [1.82, 2.24) is 14.9 Å². The van der Waals surface area contributed by atoms with E-state index < -0.39 is 21.5 Å². The zero-order valence-electron chi connectivity index (χ0n) is 19.1. The van der Waals surface area contributed by atoms with E-state index in [-0.39, 0.29) is 6.04 Å². The highest BCUT2D eigenvalue weighted by Gasteiger charge is 2.41. The van der Waals surface area contributed by atoms with E-state index in [1.165, 1.54) is 0 Å². The molecule has 0 aliphatic heterocycles. The number of nitrogens with zero attached hydrogens (tertiary/aromatic N) is 2. The lowest BCUT2D eigenvalue weighted by Gasteiger charge is -2.37. The average Bonchev–Trinajstić information content (AvgIpc) is 3.21. The molecular formula is C26H29N3O2S. The molecule has 2 atom stereocenters. The minimum Gasteiger partial charge on any atom is -0.598 e. The molecule has 0 radical (unpaired) electrons. The summed E-state index contributed by atoms with van der Waals surface area (Å²) < 4.78 is 21.9. The Morgan fingerprint density at radius 1 is 0.906 bits per heavy atom. The minimum atomic E-state index is -1.29. The number of pyridine rings is 1. The molecule has 32 heavy (non-hydrogen) atoms. The second-order valence-corrected chi connectivity index (χ2v) is 11.5. The Kier molecular flexibility index (Phi) is 6.12. The number of fused-ring (bicyclic) bond motifs is 1. The maximum Gasteiger partial charge on any atom is 0.167 e. The highest BCUT2D eigenvalue weighted by molar-refractivity contribution is 7.90. The van der Waals surface area contributed by atoms with E-state index in [1.807, 2.05) is 81.4 Å². The van der Waals surface area contributed by atoms with Gasteiger partial charge in [-0.15, -0.1) is 4.72 Å². The van der Waals surface area contributed by atoms with Gasteiger partial charge in [-0.3, -0.25) is 4.98 Å². The zero-order chi connectivity index (χ0) is 22.9. The Labute approximate surface area is 192 Å². The molecule has 0 aliphatic carbocycles. The van der Waals surface area contributed by atoms with Crippen molar-refractivity contribution in [1.29, 1.82) is 0 Å². The molecule has 2 heterocycles. The summed E-state index contributed by atoms with van der Waals surface area (Å²) in [5, 5.41) is 5.35. The van der Waals surface area contributed by atoms with Gasteiger partial charge in [0.1, 0.15) is 10.4 Å². The van der Waals surface area contributed by atoms with E-state index >= 15 is 0 Å². The molecule has 0 bridgehead atoms. The number of rotatable bonds is 6.